The number of aryl methyl sites for hydroxylation is 4. The fraction of sp³-hybridized carbons (Fsp3) is 0.250. The summed E-state index contributed by atoms with van der Waals surface area (Å²) in [5.41, 5.74) is 4.90. The Morgan fingerprint density at radius 2 is 1.67 bits per heavy atom. The van der Waals surface area contributed by atoms with Crippen LogP contribution in [0.3, 0.4) is 0 Å². The molecule has 30 heavy (non-hydrogen) atoms. The molecule has 6 nitrogen and oxygen atoms in total. The first-order valence-electron chi connectivity index (χ1n) is 9.76. The Morgan fingerprint density at radius 3 is 2.37 bits per heavy atom. The molecule has 156 valence electrons. The SMILES string of the molecule is Cc1ccc(OCc2ccc(C(=O)NCC(=O)Nc3c(C)cccc3C)o2)c(C)c1. The summed E-state index contributed by atoms with van der Waals surface area (Å²) in [5, 5.41) is 5.41. The van der Waals surface area contributed by atoms with E-state index in [0.29, 0.717) is 5.76 Å². The molecule has 2 N–H and O–H groups in total. The fourth-order valence-corrected chi connectivity index (χ4v) is 3.13. The van der Waals surface area contributed by atoms with Gasteiger partial charge in [0.2, 0.25) is 5.91 Å². The van der Waals surface area contributed by atoms with Crippen molar-refractivity contribution in [2.45, 2.75) is 34.3 Å². The van der Waals surface area contributed by atoms with Crippen LogP contribution in [-0.4, -0.2) is 18.4 Å². The van der Waals surface area contributed by atoms with Gasteiger partial charge in [0.15, 0.2) is 5.76 Å². The maximum atomic E-state index is 12.3. The Balaban J connectivity index is 1.51. The number of furan rings is 1. The van der Waals surface area contributed by atoms with Gasteiger partial charge >= 0.3 is 0 Å². The molecule has 1 heterocycles. The Kier molecular flexibility index (Phi) is 6.57. The zero-order chi connectivity index (χ0) is 21.7. The van der Waals surface area contributed by atoms with Gasteiger partial charge in [-0.15, -0.1) is 0 Å². The van der Waals surface area contributed by atoms with E-state index in [-0.39, 0.29) is 24.8 Å². The third kappa shape index (κ3) is 5.29. The summed E-state index contributed by atoms with van der Waals surface area (Å²) < 4.78 is 11.3. The summed E-state index contributed by atoms with van der Waals surface area (Å²) in [6.45, 7) is 7.91. The summed E-state index contributed by atoms with van der Waals surface area (Å²) >= 11 is 0. The topological polar surface area (TPSA) is 80.6 Å². The maximum Gasteiger partial charge on any atom is 0.287 e. The van der Waals surface area contributed by atoms with Gasteiger partial charge in [-0.2, -0.15) is 0 Å². The number of amides is 2. The van der Waals surface area contributed by atoms with E-state index in [2.05, 4.69) is 10.6 Å². The molecule has 0 aliphatic heterocycles. The maximum absolute atomic E-state index is 12.3. The lowest BCUT2D eigenvalue weighted by Gasteiger charge is -2.11. The average molecular weight is 406 g/mol. The van der Waals surface area contributed by atoms with Crippen molar-refractivity contribution in [3.8, 4) is 5.75 Å². The van der Waals surface area contributed by atoms with Gasteiger partial charge in [-0.3, -0.25) is 9.59 Å². The molecule has 0 aliphatic carbocycles. The van der Waals surface area contributed by atoms with E-state index in [1.807, 2.05) is 64.1 Å². The molecule has 3 rings (SSSR count). The summed E-state index contributed by atoms with van der Waals surface area (Å²) in [4.78, 5) is 24.5. The number of anilines is 1. The second kappa shape index (κ2) is 9.31. The number of nitrogens with one attached hydrogen (secondary N) is 2. The minimum absolute atomic E-state index is 0.133. The number of carbonyl (C=O) groups is 2. The number of hydrogen-bond acceptors (Lipinski definition) is 4. The van der Waals surface area contributed by atoms with Gasteiger partial charge in [0.25, 0.3) is 5.91 Å². The molecule has 0 fully saturated rings. The molecule has 0 atom stereocenters. The highest BCUT2D eigenvalue weighted by atomic mass is 16.5. The summed E-state index contributed by atoms with van der Waals surface area (Å²) in [6, 6.07) is 15.0. The number of benzene rings is 2. The first kappa shape index (κ1) is 21.2. The van der Waals surface area contributed by atoms with Crippen LogP contribution in [0.25, 0.3) is 0 Å². The third-order valence-corrected chi connectivity index (χ3v) is 4.74. The van der Waals surface area contributed by atoms with Crippen LogP contribution in [0.15, 0.2) is 52.9 Å². The monoisotopic (exact) mass is 406 g/mol. The number of ether oxygens (including phenoxy) is 1. The van der Waals surface area contributed by atoms with E-state index in [0.717, 1.165) is 28.1 Å². The van der Waals surface area contributed by atoms with Crippen LogP contribution in [0, 0.1) is 27.7 Å². The molecule has 0 bridgehead atoms. The Labute approximate surface area is 176 Å². The molecule has 6 heteroatoms. The summed E-state index contributed by atoms with van der Waals surface area (Å²) in [7, 11) is 0. The highest BCUT2D eigenvalue weighted by Crippen LogP contribution is 2.21. The van der Waals surface area contributed by atoms with Crippen molar-refractivity contribution in [2.24, 2.45) is 0 Å². The van der Waals surface area contributed by atoms with Crippen molar-refractivity contribution in [3.63, 3.8) is 0 Å². The quantitative estimate of drug-likeness (QED) is 0.607. The molecule has 0 spiro atoms. The van der Waals surface area contributed by atoms with E-state index in [1.165, 1.54) is 5.56 Å². The predicted molar refractivity (Wildman–Crippen MR) is 116 cm³/mol. The van der Waals surface area contributed by atoms with E-state index >= 15 is 0 Å². The first-order valence-corrected chi connectivity index (χ1v) is 9.76. The summed E-state index contributed by atoms with van der Waals surface area (Å²) in [5.74, 6) is 0.676. The van der Waals surface area contributed by atoms with Crippen molar-refractivity contribution < 1.29 is 18.7 Å². The van der Waals surface area contributed by atoms with Crippen molar-refractivity contribution in [1.82, 2.24) is 5.32 Å². The van der Waals surface area contributed by atoms with Crippen LogP contribution in [0.2, 0.25) is 0 Å². The molecule has 3 aromatic rings. The van der Waals surface area contributed by atoms with Gasteiger partial charge in [0.05, 0.1) is 6.54 Å². The zero-order valence-electron chi connectivity index (χ0n) is 17.7. The van der Waals surface area contributed by atoms with E-state index in [1.54, 1.807) is 12.1 Å². The molecular formula is C24H26N2O4. The largest absolute Gasteiger partial charge is 0.485 e. The second-order valence-corrected chi connectivity index (χ2v) is 7.32. The van der Waals surface area contributed by atoms with Gasteiger partial charge in [-0.25, -0.2) is 0 Å². The molecule has 0 saturated carbocycles. The first-order chi connectivity index (χ1) is 14.3. The molecule has 0 saturated heterocycles. The van der Waals surface area contributed by atoms with Crippen LogP contribution >= 0.6 is 0 Å². The minimum Gasteiger partial charge on any atom is -0.485 e. The smallest absolute Gasteiger partial charge is 0.287 e. The Morgan fingerprint density at radius 1 is 0.933 bits per heavy atom. The number of carbonyl (C=O) groups excluding carboxylic acids is 2. The minimum atomic E-state index is -0.454. The predicted octanol–water partition coefficient (Wildman–Crippen LogP) is 4.46. The van der Waals surface area contributed by atoms with Gasteiger partial charge < -0.3 is 19.8 Å². The van der Waals surface area contributed by atoms with Crippen LogP contribution in [0.5, 0.6) is 5.75 Å². The second-order valence-electron chi connectivity index (χ2n) is 7.32. The molecule has 1 aromatic heterocycles. The molecule has 2 aromatic carbocycles. The average Bonchev–Trinajstić information content (AvgIpc) is 3.17. The summed E-state index contributed by atoms with van der Waals surface area (Å²) in [6.07, 6.45) is 0. The number of rotatable bonds is 7. The van der Waals surface area contributed by atoms with Crippen molar-refractivity contribution in [1.29, 1.82) is 0 Å². The van der Waals surface area contributed by atoms with Crippen LogP contribution in [0.4, 0.5) is 5.69 Å². The molecule has 0 aliphatic rings. The Bertz CT molecular complexity index is 1050. The highest BCUT2D eigenvalue weighted by molar-refractivity contribution is 5.98. The highest BCUT2D eigenvalue weighted by Gasteiger charge is 2.14. The lowest BCUT2D eigenvalue weighted by Crippen LogP contribution is -2.33. The molecule has 0 unspecified atom stereocenters. The van der Waals surface area contributed by atoms with Crippen molar-refractivity contribution in [2.75, 3.05) is 11.9 Å². The van der Waals surface area contributed by atoms with Crippen LogP contribution in [-0.2, 0) is 11.4 Å². The third-order valence-electron chi connectivity index (χ3n) is 4.74. The standard InChI is InChI=1S/C24H26N2O4/c1-15-8-10-20(18(4)12-15)29-14-19-9-11-21(30-19)24(28)25-13-22(27)26-23-16(2)6-5-7-17(23)3/h5-12H,13-14H2,1-4H3,(H,25,28)(H,26,27). The molecular weight excluding hydrogens is 380 g/mol. The lowest BCUT2D eigenvalue weighted by molar-refractivity contribution is -0.115. The van der Waals surface area contributed by atoms with Crippen molar-refractivity contribution in [3.05, 3.63) is 82.3 Å². The Hall–Kier alpha value is -3.54. The fourth-order valence-electron chi connectivity index (χ4n) is 3.13. The van der Waals surface area contributed by atoms with Gasteiger partial charge in [-0.1, -0.05) is 35.9 Å². The number of para-hydroxylation sites is 1. The zero-order valence-corrected chi connectivity index (χ0v) is 17.7. The normalized spacial score (nSPS) is 10.5. The van der Waals surface area contributed by atoms with Crippen molar-refractivity contribution >= 4 is 17.5 Å². The number of hydrogen-bond donors (Lipinski definition) is 2. The van der Waals surface area contributed by atoms with E-state index in [4.69, 9.17) is 9.15 Å². The van der Waals surface area contributed by atoms with Gasteiger partial charge in [-0.05, 0) is 62.6 Å². The molecule has 2 amide bonds. The van der Waals surface area contributed by atoms with Crippen LogP contribution < -0.4 is 15.4 Å². The van der Waals surface area contributed by atoms with Gasteiger partial charge in [0, 0.05) is 5.69 Å². The van der Waals surface area contributed by atoms with E-state index < -0.39 is 5.91 Å². The van der Waals surface area contributed by atoms with Crippen LogP contribution in [0.1, 0.15) is 38.6 Å². The molecule has 0 radical (unpaired) electrons. The van der Waals surface area contributed by atoms with Gasteiger partial charge in [0.1, 0.15) is 18.1 Å². The lowest BCUT2D eigenvalue weighted by atomic mass is 10.1. The van der Waals surface area contributed by atoms with E-state index in [9.17, 15) is 9.59 Å².